The van der Waals surface area contributed by atoms with Crippen LogP contribution in [0.3, 0.4) is 0 Å². The van der Waals surface area contributed by atoms with Gasteiger partial charge in [-0.3, -0.25) is 4.79 Å². The number of hydrogen-bond donors (Lipinski definition) is 1. The molecule has 0 saturated carbocycles. The maximum atomic E-state index is 13.6. The second-order valence-corrected chi connectivity index (χ2v) is 4.31. The molecule has 2 aromatic rings. The van der Waals surface area contributed by atoms with Crippen molar-refractivity contribution in [1.82, 2.24) is 0 Å². The van der Waals surface area contributed by atoms with E-state index in [0.29, 0.717) is 11.1 Å². The van der Waals surface area contributed by atoms with Crippen LogP contribution in [-0.2, 0) is 0 Å². The van der Waals surface area contributed by atoms with Gasteiger partial charge in [0, 0.05) is 12.6 Å². The number of hydrogen-bond acceptors (Lipinski definition) is 2. The first-order valence-corrected chi connectivity index (χ1v) is 5.83. The Balaban J connectivity index is 2.37. The highest BCUT2D eigenvalue weighted by molar-refractivity contribution is 6.06. The molecule has 4 heteroatoms. The fraction of sp³-hybridized carbons (Fsp3) is 0.133. The van der Waals surface area contributed by atoms with Crippen molar-refractivity contribution in [3.05, 3.63) is 59.4 Å². The molecule has 3 nitrogen and oxygen atoms in total. The molecule has 0 radical (unpaired) electrons. The zero-order chi connectivity index (χ0) is 14.0. The number of amides is 1. The summed E-state index contributed by atoms with van der Waals surface area (Å²) in [4.78, 5) is 13.6. The standard InChI is InChI=1S/C15H14FNO2/c1-10-9-11(18)7-8-12(10)15(19)17(2)14-6-4-3-5-13(14)16/h3-9,18H,1-2H3. The van der Waals surface area contributed by atoms with Crippen molar-refractivity contribution in [2.45, 2.75) is 6.92 Å². The Morgan fingerprint density at radius 2 is 1.89 bits per heavy atom. The number of phenols is 1. The summed E-state index contributed by atoms with van der Waals surface area (Å²) in [5.41, 5.74) is 1.30. The lowest BCUT2D eigenvalue weighted by Gasteiger charge is -2.19. The number of carbonyl (C=O) groups is 1. The quantitative estimate of drug-likeness (QED) is 0.900. The SMILES string of the molecule is Cc1cc(O)ccc1C(=O)N(C)c1ccccc1F. The molecule has 0 fully saturated rings. The Hall–Kier alpha value is -2.36. The third-order valence-corrected chi connectivity index (χ3v) is 2.96. The fourth-order valence-corrected chi connectivity index (χ4v) is 1.90. The second kappa shape index (κ2) is 5.10. The van der Waals surface area contributed by atoms with E-state index in [-0.39, 0.29) is 17.3 Å². The Kier molecular flexibility index (Phi) is 3.51. The first-order chi connectivity index (χ1) is 9.00. The van der Waals surface area contributed by atoms with Crippen LogP contribution in [0.5, 0.6) is 5.75 Å². The van der Waals surface area contributed by atoms with E-state index in [1.165, 1.54) is 36.2 Å². The average molecular weight is 259 g/mol. The maximum Gasteiger partial charge on any atom is 0.258 e. The lowest BCUT2D eigenvalue weighted by Crippen LogP contribution is -2.27. The highest BCUT2D eigenvalue weighted by atomic mass is 19.1. The molecule has 0 unspecified atom stereocenters. The first-order valence-electron chi connectivity index (χ1n) is 5.83. The number of benzene rings is 2. The molecular weight excluding hydrogens is 245 g/mol. The van der Waals surface area contributed by atoms with Gasteiger partial charge in [-0.25, -0.2) is 4.39 Å². The van der Waals surface area contributed by atoms with Gasteiger partial charge in [-0.1, -0.05) is 12.1 Å². The Morgan fingerprint density at radius 3 is 2.53 bits per heavy atom. The molecule has 0 aromatic heterocycles. The van der Waals surface area contributed by atoms with E-state index in [9.17, 15) is 14.3 Å². The second-order valence-electron chi connectivity index (χ2n) is 4.31. The topological polar surface area (TPSA) is 40.5 Å². The summed E-state index contributed by atoms with van der Waals surface area (Å²) in [6, 6.07) is 10.6. The highest BCUT2D eigenvalue weighted by Crippen LogP contribution is 2.22. The molecule has 0 saturated heterocycles. The van der Waals surface area contributed by atoms with Crippen molar-refractivity contribution in [1.29, 1.82) is 0 Å². The molecule has 0 aliphatic heterocycles. The minimum Gasteiger partial charge on any atom is -0.508 e. The molecule has 98 valence electrons. The zero-order valence-electron chi connectivity index (χ0n) is 10.7. The largest absolute Gasteiger partial charge is 0.508 e. The predicted molar refractivity (Wildman–Crippen MR) is 72.0 cm³/mol. The van der Waals surface area contributed by atoms with Crippen LogP contribution in [0.15, 0.2) is 42.5 Å². The van der Waals surface area contributed by atoms with E-state index in [2.05, 4.69) is 0 Å². The molecule has 2 rings (SSSR count). The Morgan fingerprint density at radius 1 is 1.21 bits per heavy atom. The van der Waals surface area contributed by atoms with Gasteiger partial charge in [0.1, 0.15) is 11.6 Å². The summed E-state index contributed by atoms with van der Waals surface area (Å²) in [5.74, 6) is -0.667. The molecule has 0 heterocycles. The smallest absolute Gasteiger partial charge is 0.258 e. The van der Waals surface area contributed by atoms with Gasteiger partial charge in [-0.2, -0.15) is 0 Å². The molecule has 1 amide bonds. The van der Waals surface area contributed by atoms with Gasteiger partial charge in [0.15, 0.2) is 0 Å². The molecule has 19 heavy (non-hydrogen) atoms. The lowest BCUT2D eigenvalue weighted by molar-refractivity contribution is 0.0991. The normalized spacial score (nSPS) is 10.3. The summed E-state index contributed by atoms with van der Waals surface area (Å²) in [5, 5.41) is 9.33. The van der Waals surface area contributed by atoms with Crippen LogP contribution >= 0.6 is 0 Å². The van der Waals surface area contributed by atoms with E-state index in [1.807, 2.05) is 0 Å². The summed E-state index contributed by atoms with van der Waals surface area (Å²) < 4.78 is 13.6. The summed E-state index contributed by atoms with van der Waals surface area (Å²) in [6.45, 7) is 1.72. The molecule has 1 N–H and O–H groups in total. The maximum absolute atomic E-state index is 13.6. The van der Waals surface area contributed by atoms with Gasteiger partial charge >= 0.3 is 0 Å². The molecule has 0 aliphatic rings. The number of para-hydroxylation sites is 1. The number of phenolic OH excluding ortho intramolecular Hbond substituents is 1. The fourth-order valence-electron chi connectivity index (χ4n) is 1.90. The zero-order valence-corrected chi connectivity index (χ0v) is 10.7. The van der Waals surface area contributed by atoms with E-state index >= 15 is 0 Å². The van der Waals surface area contributed by atoms with Crippen molar-refractivity contribution >= 4 is 11.6 Å². The van der Waals surface area contributed by atoms with Crippen molar-refractivity contribution in [2.75, 3.05) is 11.9 Å². The van der Waals surface area contributed by atoms with Crippen molar-refractivity contribution in [3.8, 4) is 5.75 Å². The van der Waals surface area contributed by atoms with Crippen LogP contribution in [0.2, 0.25) is 0 Å². The summed E-state index contributed by atoms with van der Waals surface area (Å²) in [7, 11) is 1.52. The predicted octanol–water partition coefficient (Wildman–Crippen LogP) is 3.12. The number of carbonyl (C=O) groups excluding carboxylic acids is 1. The van der Waals surface area contributed by atoms with Crippen LogP contribution in [0.1, 0.15) is 15.9 Å². The third-order valence-electron chi connectivity index (χ3n) is 2.96. The number of aromatic hydroxyl groups is 1. The molecule has 2 aromatic carbocycles. The molecule has 0 spiro atoms. The van der Waals surface area contributed by atoms with Gasteiger partial charge in [0.2, 0.25) is 0 Å². The van der Waals surface area contributed by atoms with E-state index < -0.39 is 5.82 Å². The summed E-state index contributed by atoms with van der Waals surface area (Å²) in [6.07, 6.45) is 0. The minimum absolute atomic E-state index is 0.0996. The average Bonchev–Trinajstić information content (AvgIpc) is 2.38. The van der Waals surface area contributed by atoms with Gasteiger partial charge in [0.25, 0.3) is 5.91 Å². The van der Waals surface area contributed by atoms with Crippen molar-refractivity contribution in [3.63, 3.8) is 0 Å². The number of aryl methyl sites for hydroxylation is 1. The van der Waals surface area contributed by atoms with Gasteiger partial charge in [-0.05, 0) is 42.8 Å². The summed E-state index contributed by atoms with van der Waals surface area (Å²) >= 11 is 0. The number of halogens is 1. The van der Waals surface area contributed by atoms with E-state index in [1.54, 1.807) is 25.1 Å². The minimum atomic E-state index is -0.449. The Bertz CT molecular complexity index is 625. The van der Waals surface area contributed by atoms with E-state index in [0.717, 1.165) is 0 Å². The van der Waals surface area contributed by atoms with Crippen LogP contribution in [0.25, 0.3) is 0 Å². The molecule has 0 bridgehead atoms. The number of rotatable bonds is 2. The van der Waals surface area contributed by atoms with Gasteiger partial charge in [-0.15, -0.1) is 0 Å². The van der Waals surface area contributed by atoms with Crippen LogP contribution < -0.4 is 4.90 Å². The van der Waals surface area contributed by atoms with Crippen molar-refractivity contribution < 1.29 is 14.3 Å². The first kappa shape index (κ1) is 13.1. The van der Waals surface area contributed by atoms with Crippen LogP contribution in [0.4, 0.5) is 10.1 Å². The van der Waals surface area contributed by atoms with E-state index in [4.69, 9.17) is 0 Å². The number of anilines is 1. The van der Waals surface area contributed by atoms with Crippen LogP contribution in [-0.4, -0.2) is 18.1 Å². The monoisotopic (exact) mass is 259 g/mol. The molecule has 0 atom stereocenters. The number of nitrogens with zero attached hydrogens (tertiary/aromatic N) is 1. The van der Waals surface area contributed by atoms with Crippen LogP contribution in [0, 0.1) is 12.7 Å². The third kappa shape index (κ3) is 2.57. The lowest BCUT2D eigenvalue weighted by atomic mass is 10.1. The molecular formula is C15H14FNO2. The van der Waals surface area contributed by atoms with Gasteiger partial charge < -0.3 is 10.0 Å². The van der Waals surface area contributed by atoms with Crippen molar-refractivity contribution in [2.24, 2.45) is 0 Å². The molecule has 0 aliphatic carbocycles. The van der Waals surface area contributed by atoms with Gasteiger partial charge in [0.05, 0.1) is 5.69 Å². The Labute approximate surface area is 110 Å². The highest BCUT2D eigenvalue weighted by Gasteiger charge is 2.18.